The van der Waals surface area contributed by atoms with Crippen molar-refractivity contribution in [3.8, 4) is 0 Å². The van der Waals surface area contributed by atoms with Crippen molar-refractivity contribution in [2.45, 2.75) is 39.0 Å². The first-order chi connectivity index (χ1) is 7.00. The number of rotatable bonds is 4. The summed E-state index contributed by atoms with van der Waals surface area (Å²) in [5, 5.41) is 0. The second-order valence-corrected chi connectivity index (χ2v) is 4.49. The summed E-state index contributed by atoms with van der Waals surface area (Å²) in [5.41, 5.74) is 6.27. The molecule has 1 saturated carbocycles. The maximum Gasteiger partial charge on any atom is 0.220 e. The van der Waals surface area contributed by atoms with Gasteiger partial charge in [-0.2, -0.15) is 0 Å². The van der Waals surface area contributed by atoms with Crippen LogP contribution < -0.4 is 5.73 Å². The molecule has 0 spiro atoms. The maximum atomic E-state index is 11.0. The number of hydrogen-bond donors (Lipinski definition) is 1. The van der Waals surface area contributed by atoms with Gasteiger partial charge in [0.25, 0.3) is 0 Å². The molecule has 3 heteroatoms. The molecule has 0 bridgehead atoms. The maximum absolute atomic E-state index is 11.0. The second kappa shape index (κ2) is 5.10. The van der Waals surface area contributed by atoms with Crippen LogP contribution in [-0.2, 0) is 9.59 Å². The van der Waals surface area contributed by atoms with Crippen LogP contribution in [0.3, 0.4) is 0 Å². The molecule has 0 radical (unpaired) electrons. The minimum Gasteiger partial charge on any atom is -0.369 e. The Labute approximate surface area is 90.7 Å². The van der Waals surface area contributed by atoms with Crippen LogP contribution in [0.15, 0.2) is 12.2 Å². The van der Waals surface area contributed by atoms with E-state index in [2.05, 4.69) is 6.58 Å². The number of hydrogen-bond acceptors (Lipinski definition) is 2. The number of ketones is 1. The minimum atomic E-state index is -0.189. The fourth-order valence-electron chi connectivity index (χ4n) is 2.25. The Bertz CT molecular complexity index is 275. The molecule has 1 amide bonds. The lowest BCUT2D eigenvalue weighted by molar-refractivity contribution is -0.123. The average molecular weight is 209 g/mol. The summed E-state index contributed by atoms with van der Waals surface area (Å²) < 4.78 is 0. The first-order valence-corrected chi connectivity index (χ1v) is 5.47. The topological polar surface area (TPSA) is 60.2 Å². The van der Waals surface area contributed by atoms with Gasteiger partial charge in [0.1, 0.15) is 5.78 Å². The smallest absolute Gasteiger partial charge is 0.220 e. The predicted octanol–water partition coefficient (Wildman–Crippen LogP) is 1.81. The standard InChI is InChI=1S/C12H19NO2/c1-8(7-9(2)14)10-3-5-11(6-4-10)12(13)15/h10-11H,1,3-7H2,2H3,(H2,13,15). The SMILES string of the molecule is C=C(CC(C)=O)C1CCC(C(N)=O)CC1. The molecule has 0 saturated heterocycles. The molecule has 2 N–H and O–H groups in total. The van der Waals surface area contributed by atoms with E-state index < -0.39 is 0 Å². The van der Waals surface area contributed by atoms with Crippen molar-refractivity contribution in [3.05, 3.63) is 12.2 Å². The zero-order chi connectivity index (χ0) is 11.4. The number of primary amides is 1. The third kappa shape index (κ3) is 3.50. The summed E-state index contributed by atoms with van der Waals surface area (Å²) in [6, 6.07) is 0. The van der Waals surface area contributed by atoms with Crippen LogP contribution in [-0.4, -0.2) is 11.7 Å². The van der Waals surface area contributed by atoms with E-state index in [9.17, 15) is 9.59 Å². The normalized spacial score (nSPS) is 25.9. The number of allylic oxidation sites excluding steroid dienone is 1. The zero-order valence-electron chi connectivity index (χ0n) is 9.29. The summed E-state index contributed by atoms with van der Waals surface area (Å²) in [7, 11) is 0. The Balaban J connectivity index is 2.40. The van der Waals surface area contributed by atoms with Crippen LogP contribution >= 0.6 is 0 Å². The van der Waals surface area contributed by atoms with Crippen molar-refractivity contribution < 1.29 is 9.59 Å². The van der Waals surface area contributed by atoms with Crippen molar-refractivity contribution in [2.75, 3.05) is 0 Å². The molecule has 1 aliphatic rings. The van der Waals surface area contributed by atoms with Gasteiger partial charge in [-0.15, -0.1) is 0 Å². The number of amides is 1. The fraction of sp³-hybridized carbons (Fsp3) is 0.667. The van der Waals surface area contributed by atoms with Gasteiger partial charge >= 0.3 is 0 Å². The summed E-state index contributed by atoms with van der Waals surface area (Å²) in [6.07, 6.45) is 4.05. The Kier molecular flexibility index (Phi) is 4.06. The molecule has 84 valence electrons. The van der Waals surface area contributed by atoms with Crippen molar-refractivity contribution in [1.29, 1.82) is 0 Å². The molecule has 0 heterocycles. The summed E-state index contributed by atoms with van der Waals surface area (Å²) in [4.78, 5) is 21.9. The first kappa shape index (κ1) is 12.0. The minimum absolute atomic E-state index is 0.0337. The number of Topliss-reactive ketones (excluding diaryl/α,β-unsaturated/α-hetero) is 1. The van der Waals surface area contributed by atoms with Gasteiger partial charge in [0.15, 0.2) is 0 Å². The fourth-order valence-corrected chi connectivity index (χ4v) is 2.25. The van der Waals surface area contributed by atoms with Gasteiger partial charge in [-0.25, -0.2) is 0 Å². The zero-order valence-corrected chi connectivity index (χ0v) is 9.29. The van der Waals surface area contributed by atoms with Crippen LogP contribution in [0, 0.1) is 11.8 Å². The third-order valence-corrected chi connectivity index (χ3v) is 3.18. The van der Waals surface area contributed by atoms with Crippen molar-refractivity contribution in [2.24, 2.45) is 17.6 Å². The highest BCUT2D eigenvalue weighted by molar-refractivity contribution is 5.78. The van der Waals surface area contributed by atoms with Gasteiger partial charge in [-0.05, 0) is 38.5 Å². The lowest BCUT2D eigenvalue weighted by Gasteiger charge is -2.27. The van der Waals surface area contributed by atoms with E-state index in [1.807, 2.05) is 0 Å². The molecule has 0 atom stereocenters. The van der Waals surface area contributed by atoms with E-state index in [0.717, 1.165) is 31.3 Å². The first-order valence-electron chi connectivity index (χ1n) is 5.47. The van der Waals surface area contributed by atoms with Crippen LogP contribution in [0.2, 0.25) is 0 Å². The van der Waals surface area contributed by atoms with Crippen LogP contribution in [0.1, 0.15) is 39.0 Å². The number of nitrogens with two attached hydrogens (primary N) is 1. The van der Waals surface area contributed by atoms with Crippen molar-refractivity contribution in [3.63, 3.8) is 0 Å². The molecule has 1 aliphatic carbocycles. The highest BCUT2D eigenvalue weighted by Crippen LogP contribution is 2.33. The molecule has 3 nitrogen and oxygen atoms in total. The Hall–Kier alpha value is -1.12. The van der Waals surface area contributed by atoms with E-state index in [1.54, 1.807) is 6.92 Å². The number of carbonyl (C=O) groups is 2. The summed E-state index contributed by atoms with van der Waals surface area (Å²) in [5.74, 6) is 0.415. The average Bonchev–Trinajstić information content (AvgIpc) is 2.17. The van der Waals surface area contributed by atoms with Crippen LogP contribution in [0.25, 0.3) is 0 Å². The second-order valence-electron chi connectivity index (χ2n) is 4.49. The van der Waals surface area contributed by atoms with E-state index >= 15 is 0 Å². The Morgan fingerprint density at radius 2 is 1.67 bits per heavy atom. The van der Waals surface area contributed by atoms with Crippen molar-refractivity contribution in [1.82, 2.24) is 0 Å². The van der Waals surface area contributed by atoms with Crippen molar-refractivity contribution >= 4 is 11.7 Å². The van der Waals surface area contributed by atoms with Gasteiger partial charge in [-0.3, -0.25) is 9.59 Å². The highest BCUT2D eigenvalue weighted by Gasteiger charge is 2.26. The van der Waals surface area contributed by atoms with Crippen LogP contribution in [0.5, 0.6) is 0 Å². The summed E-state index contributed by atoms with van der Waals surface area (Å²) in [6.45, 7) is 5.53. The Morgan fingerprint density at radius 3 is 2.07 bits per heavy atom. The highest BCUT2D eigenvalue weighted by atomic mass is 16.1. The molecule has 15 heavy (non-hydrogen) atoms. The molecular formula is C12H19NO2. The molecule has 1 fully saturated rings. The monoisotopic (exact) mass is 209 g/mol. The molecule has 0 aromatic heterocycles. The van der Waals surface area contributed by atoms with E-state index in [0.29, 0.717) is 12.3 Å². The lowest BCUT2D eigenvalue weighted by Crippen LogP contribution is -2.28. The molecule has 0 aromatic rings. The Morgan fingerprint density at radius 1 is 1.20 bits per heavy atom. The van der Waals surface area contributed by atoms with Gasteiger partial charge in [0.05, 0.1) is 0 Å². The quantitative estimate of drug-likeness (QED) is 0.718. The van der Waals surface area contributed by atoms with Gasteiger partial charge in [0, 0.05) is 12.3 Å². The van der Waals surface area contributed by atoms with E-state index in [1.165, 1.54) is 0 Å². The lowest BCUT2D eigenvalue weighted by atomic mass is 9.77. The molecule has 0 unspecified atom stereocenters. The molecule has 0 aliphatic heterocycles. The van der Waals surface area contributed by atoms with Crippen LogP contribution in [0.4, 0.5) is 0 Å². The van der Waals surface area contributed by atoms with Gasteiger partial charge in [-0.1, -0.05) is 12.2 Å². The largest absolute Gasteiger partial charge is 0.369 e. The molecule has 0 aromatic carbocycles. The third-order valence-electron chi connectivity index (χ3n) is 3.18. The van der Waals surface area contributed by atoms with Gasteiger partial charge < -0.3 is 5.73 Å². The predicted molar refractivity (Wildman–Crippen MR) is 59.1 cm³/mol. The van der Waals surface area contributed by atoms with Gasteiger partial charge in [0.2, 0.25) is 5.91 Å². The van der Waals surface area contributed by atoms with E-state index in [-0.39, 0.29) is 17.6 Å². The number of carbonyl (C=O) groups excluding carboxylic acids is 2. The van der Waals surface area contributed by atoms with E-state index in [4.69, 9.17) is 5.73 Å². The molecular weight excluding hydrogens is 190 g/mol. The summed E-state index contributed by atoms with van der Waals surface area (Å²) >= 11 is 0. The molecule has 1 rings (SSSR count).